The van der Waals surface area contributed by atoms with Crippen LogP contribution in [0.1, 0.15) is 94.8 Å². The summed E-state index contributed by atoms with van der Waals surface area (Å²) in [5, 5.41) is 12.1. The third-order valence-electron chi connectivity index (χ3n) is 13.6. The van der Waals surface area contributed by atoms with Crippen molar-refractivity contribution >= 4 is 46.6 Å². The second-order valence-corrected chi connectivity index (χ2v) is 17.7. The molecule has 2 atom stereocenters. The number of nitriles is 1. The molecule has 57 heavy (non-hydrogen) atoms. The molecule has 0 bridgehead atoms. The van der Waals surface area contributed by atoms with Crippen molar-refractivity contribution in [1.29, 1.82) is 5.26 Å². The first-order valence-corrected chi connectivity index (χ1v) is 20.6. The molecule has 296 valence electrons. The fourth-order valence-electron chi connectivity index (χ4n) is 10.4. The molecule has 3 aromatic carbocycles. The first kappa shape index (κ1) is 37.6. The molecular formula is C44H47ClFN7O4. The summed E-state index contributed by atoms with van der Waals surface area (Å²) in [5.74, 6) is -0.999. The van der Waals surface area contributed by atoms with E-state index in [2.05, 4.69) is 33.0 Å². The number of carbonyl (C=O) groups is 4. The van der Waals surface area contributed by atoms with Crippen molar-refractivity contribution < 1.29 is 23.6 Å². The molecule has 6 heterocycles. The molecule has 0 aromatic heterocycles. The Balaban J connectivity index is 0.751. The number of amides is 4. The largest absolute Gasteiger partial charge is 0.371 e. The van der Waals surface area contributed by atoms with Crippen molar-refractivity contribution in [2.45, 2.75) is 89.3 Å². The molecule has 0 saturated carbocycles. The first-order chi connectivity index (χ1) is 27.4. The number of nitrogens with one attached hydrogen (secondary N) is 1. The molecule has 6 aliphatic heterocycles. The Kier molecular flexibility index (Phi) is 9.52. The van der Waals surface area contributed by atoms with Crippen LogP contribution in [0.25, 0.3) is 0 Å². The minimum absolute atomic E-state index is 0.0664. The number of anilines is 2. The molecule has 0 aliphatic carbocycles. The lowest BCUT2D eigenvalue weighted by Crippen LogP contribution is -2.52. The molecule has 6 aliphatic rings. The van der Waals surface area contributed by atoms with E-state index in [-0.39, 0.29) is 48.9 Å². The summed E-state index contributed by atoms with van der Waals surface area (Å²) in [7, 11) is 0. The van der Waals surface area contributed by atoms with E-state index in [4.69, 9.17) is 11.6 Å². The summed E-state index contributed by atoms with van der Waals surface area (Å²) in [5.41, 5.74) is 5.62. The number of alkyl halides is 1. The Hall–Kier alpha value is -4.99. The highest BCUT2D eigenvalue weighted by Gasteiger charge is 2.45. The van der Waals surface area contributed by atoms with E-state index in [0.29, 0.717) is 66.9 Å². The third kappa shape index (κ3) is 7.03. The lowest BCUT2D eigenvalue weighted by molar-refractivity contribution is -0.136. The highest BCUT2D eigenvalue weighted by molar-refractivity contribution is 6.32. The highest BCUT2D eigenvalue weighted by atomic mass is 35.5. The van der Waals surface area contributed by atoms with Gasteiger partial charge in [-0.15, -0.1) is 0 Å². The Morgan fingerprint density at radius 2 is 1.60 bits per heavy atom. The average Bonchev–Trinajstić information content (AvgIpc) is 3.85. The van der Waals surface area contributed by atoms with Crippen LogP contribution in [0.2, 0.25) is 5.02 Å². The second-order valence-electron chi connectivity index (χ2n) is 17.3. The fraction of sp³-hybridized carbons (Fsp3) is 0.477. The third-order valence-corrected chi connectivity index (χ3v) is 13.9. The second kappa shape index (κ2) is 14.4. The molecule has 11 nitrogen and oxygen atoms in total. The number of nitrogens with zero attached hydrogens (tertiary/aromatic N) is 6. The van der Waals surface area contributed by atoms with Gasteiger partial charge in [0, 0.05) is 107 Å². The lowest BCUT2D eigenvalue weighted by Gasteiger charge is -2.40. The van der Waals surface area contributed by atoms with Crippen molar-refractivity contribution in [3.63, 3.8) is 0 Å². The SMILES string of the molecule is C[C@H]1CC2(CCN(c3ccc(C(=O)N4CCC(F)(CN5Cc6cc7c(cc6C5)C(=O)N(C5CCC(=O)NC5=O)C7)CC4)cc3)CC2)CN1c1ccc(C#N)c(Cl)c1. The Morgan fingerprint density at radius 1 is 0.895 bits per heavy atom. The predicted molar refractivity (Wildman–Crippen MR) is 213 cm³/mol. The van der Waals surface area contributed by atoms with Crippen molar-refractivity contribution in [2.75, 3.05) is 49.1 Å². The van der Waals surface area contributed by atoms with Crippen LogP contribution in [0.3, 0.4) is 0 Å². The zero-order valence-electron chi connectivity index (χ0n) is 32.2. The number of hydrogen-bond acceptors (Lipinski definition) is 8. The van der Waals surface area contributed by atoms with Gasteiger partial charge in [0.05, 0.1) is 10.6 Å². The van der Waals surface area contributed by atoms with E-state index in [1.165, 1.54) is 0 Å². The van der Waals surface area contributed by atoms with Crippen LogP contribution >= 0.6 is 11.6 Å². The smallest absolute Gasteiger partial charge is 0.255 e. The minimum atomic E-state index is -1.42. The normalized spacial score (nSPS) is 24.1. The standard InChI is InChI=1S/C44H47ClFN7O4/c1-28-21-43(26-53(28)35-7-4-30(22-47)37(45)20-35)10-14-50(15-11-43)34-5-2-29(3-6-34)41(56)51-16-12-44(46,13-17-51)27-49-23-31-18-33-25-52(38-8-9-39(54)48-40(38)55)42(57)36(33)19-32(31)24-49/h2-7,18-20,28,38H,8-17,21,23-27H2,1H3,(H,48,54,55)/t28-,38?/m0/s1. The van der Waals surface area contributed by atoms with Gasteiger partial charge in [0.1, 0.15) is 17.8 Å². The lowest BCUT2D eigenvalue weighted by atomic mass is 9.76. The Bertz CT molecular complexity index is 2190. The molecule has 0 radical (unpaired) electrons. The van der Waals surface area contributed by atoms with Crippen LogP contribution in [-0.2, 0) is 29.2 Å². The quantitative estimate of drug-likeness (QED) is 0.311. The van der Waals surface area contributed by atoms with E-state index in [9.17, 15) is 24.4 Å². The first-order valence-electron chi connectivity index (χ1n) is 20.2. The summed E-state index contributed by atoms with van der Waals surface area (Å²) >= 11 is 6.37. The van der Waals surface area contributed by atoms with Crippen molar-refractivity contribution in [3.05, 3.63) is 93.0 Å². The maximum absolute atomic E-state index is 16.3. The number of rotatable bonds is 6. The number of likely N-dealkylation sites (tertiary alicyclic amines) is 1. The minimum Gasteiger partial charge on any atom is -0.371 e. The molecule has 4 fully saturated rings. The highest BCUT2D eigenvalue weighted by Crippen LogP contribution is 2.46. The van der Waals surface area contributed by atoms with Gasteiger partial charge in [-0.25, -0.2) is 4.39 Å². The number of fused-ring (bicyclic) bond motifs is 2. The van der Waals surface area contributed by atoms with Gasteiger partial charge in [-0.1, -0.05) is 17.7 Å². The van der Waals surface area contributed by atoms with E-state index < -0.39 is 17.6 Å². The van der Waals surface area contributed by atoms with Crippen LogP contribution in [-0.4, -0.2) is 95.3 Å². The number of halogens is 2. The Morgan fingerprint density at radius 3 is 2.28 bits per heavy atom. The van der Waals surface area contributed by atoms with Gasteiger partial charge < -0.3 is 19.6 Å². The van der Waals surface area contributed by atoms with Crippen LogP contribution < -0.4 is 15.1 Å². The van der Waals surface area contributed by atoms with E-state index in [1.54, 1.807) is 15.9 Å². The molecule has 3 aromatic rings. The zero-order chi connectivity index (χ0) is 39.6. The molecule has 1 N–H and O–H groups in total. The summed E-state index contributed by atoms with van der Waals surface area (Å²) in [6.45, 7) is 7.54. The van der Waals surface area contributed by atoms with Crippen LogP contribution in [0.5, 0.6) is 0 Å². The molecule has 4 amide bonds. The maximum Gasteiger partial charge on any atom is 0.255 e. The van der Waals surface area contributed by atoms with Gasteiger partial charge in [0.25, 0.3) is 11.8 Å². The fourth-order valence-corrected chi connectivity index (χ4v) is 10.6. The topological polar surface area (TPSA) is 120 Å². The molecule has 4 saturated heterocycles. The molecule has 13 heteroatoms. The molecular weight excluding hydrogens is 745 g/mol. The van der Waals surface area contributed by atoms with Crippen molar-refractivity contribution in [3.8, 4) is 6.07 Å². The van der Waals surface area contributed by atoms with Gasteiger partial charge in [0.15, 0.2) is 0 Å². The average molecular weight is 792 g/mol. The predicted octanol–water partition coefficient (Wildman–Crippen LogP) is 5.82. The monoisotopic (exact) mass is 791 g/mol. The summed E-state index contributed by atoms with van der Waals surface area (Å²) in [6.07, 6.45) is 4.35. The van der Waals surface area contributed by atoms with Crippen LogP contribution in [0.15, 0.2) is 54.6 Å². The number of piperidine rings is 3. The van der Waals surface area contributed by atoms with Crippen molar-refractivity contribution in [1.82, 2.24) is 20.0 Å². The van der Waals surface area contributed by atoms with Crippen LogP contribution in [0, 0.1) is 16.7 Å². The molecule has 1 spiro atoms. The zero-order valence-corrected chi connectivity index (χ0v) is 33.0. The number of imide groups is 1. The van der Waals surface area contributed by atoms with Crippen LogP contribution in [0.4, 0.5) is 15.8 Å². The maximum atomic E-state index is 16.3. The summed E-state index contributed by atoms with van der Waals surface area (Å²) in [4.78, 5) is 61.2. The van der Waals surface area contributed by atoms with Crippen molar-refractivity contribution in [2.24, 2.45) is 5.41 Å². The Labute approximate surface area is 337 Å². The molecule has 1 unspecified atom stereocenters. The van der Waals surface area contributed by atoms with E-state index in [0.717, 1.165) is 67.0 Å². The number of benzene rings is 3. The summed E-state index contributed by atoms with van der Waals surface area (Å²) < 4.78 is 16.3. The van der Waals surface area contributed by atoms with Gasteiger partial charge in [0.2, 0.25) is 11.8 Å². The summed E-state index contributed by atoms with van der Waals surface area (Å²) in [6, 6.07) is 19.4. The van der Waals surface area contributed by atoms with E-state index >= 15 is 4.39 Å². The number of hydrogen-bond donors (Lipinski definition) is 1. The van der Waals surface area contributed by atoms with E-state index in [1.807, 2.05) is 48.5 Å². The van der Waals surface area contributed by atoms with Gasteiger partial charge in [-0.05, 0) is 103 Å². The molecule has 9 rings (SSSR count). The van der Waals surface area contributed by atoms with Gasteiger partial charge >= 0.3 is 0 Å². The van der Waals surface area contributed by atoms with Gasteiger partial charge in [-0.2, -0.15) is 5.26 Å². The number of carbonyl (C=O) groups excluding carboxylic acids is 4. The van der Waals surface area contributed by atoms with Gasteiger partial charge in [-0.3, -0.25) is 29.4 Å².